The van der Waals surface area contributed by atoms with E-state index in [-0.39, 0.29) is 36.4 Å². The number of rotatable bonds is 6. The Kier molecular flexibility index (Phi) is 7.17. The summed E-state index contributed by atoms with van der Waals surface area (Å²) in [6.45, 7) is 5.78. The van der Waals surface area contributed by atoms with Crippen LogP contribution in [0.5, 0.6) is 0 Å². The third-order valence-corrected chi connectivity index (χ3v) is 4.21. The Labute approximate surface area is 164 Å². The molecule has 0 aliphatic carbocycles. The first-order chi connectivity index (χ1) is 13.3. The van der Waals surface area contributed by atoms with Crippen LogP contribution in [-0.4, -0.2) is 45.4 Å². The first-order valence-electron chi connectivity index (χ1n) is 8.94. The number of hydrogen-bond acceptors (Lipinski definition) is 7. The van der Waals surface area contributed by atoms with Crippen molar-refractivity contribution in [2.24, 2.45) is 5.92 Å². The average Bonchev–Trinajstić information content (AvgIpc) is 2.67. The van der Waals surface area contributed by atoms with E-state index < -0.39 is 11.9 Å². The minimum Gasteiger partial charge on any atom is -0.466 e. The molecule has 1 N–H and O–H groups in total. The van der Waals surface area contributed by atoms with Crippen molar-refractivity contribution in [2.45, 2.75) is 27.2 Å². The quantitative estimate of drug-likeness (QED) is 0.745. The molecule has 2 rings (SSSR count). The van der Waals surface area contributed by atoms with Crippen LogP contribution in [0.2, 0.25) is 0 Å². The predicted octanol–water partition coefficient (Wildman–Crippen LogP) is 2.37. The SMILES string of the molecule is COC(=O)C1=C(C(=O)OC)N(c2cc(NC(=O)CC(C)C)ccc2C)COC1. The number of nitrogens with zero attached hydrogens (tertiary/aromatic N) is 1. The molecule has 8 heteroatoms. The van der Waals surface area contributed by atoms with E-state index in [4.69, 9.17) is 14.2 Å². The lowest BCUT2D eigenvalue weighted by Gasteiger charge is -2.32. The third-order valence-electron chi connectivity index (χ3n) is 4.21. The fraction of sp³-hybridized carbons (Fsp3) is 0.450. The first-order valence-corrected chi connectivity index (χ1v) is 8.94. The molecule has 0 radical (unpaired) electrons. The molecular formula is C20H26N2O6. The summed E-state index contributed by atoms with van der Waals surface area (Å²) >= 11 is 0. The van der Waals surface area contributed by atoms with Gasteiger partial charge < -0.3 is 24.4 Å². The van der Waals surface area contributed by atoms with Crippen LogP contribution < -0.4 is 10.2 Å². The molecule has 0 unspecified atom stereocenters. The number of carbonyl (C=O) groups excluding carboxylic acids is 3. The first kappa shape index (κ1) is 21.4. The Morgan fingerprint density at radius 2 is 1.86 bits per heavy atom. The van der Waals surface area contributed by atoms with E-state index >= 15 is 0 Å². The maximum Gasteiger partial charge on any atom is 0.355 e. The molecule has 0 saturated heterocycles. The molecule has 0 bridgehead atoms. The number of aryl methyl sites for hydroxylation is 1. The summed E-state index contributed by atoms with van der Waals surface area (Å²) in [5.74, 6) is -1.20. The zero-order valence-corrected chi connectivity index (χ0v) is 16.8. The smallest absolute Gasteiger partial charge is 0.355 e. The topological polar surface area (TPSA) is 94.2 Å². The molecule has 0 aromatic heterocycles. The highest BCUT2D eigenvalue weighted by Gasteiger charge is 2.33. The molecule has 1 aliphatic rings. The zero-order valence-electron chi connectivity index (χ0n) is 16.8. The number of ether oxygens (including phenoxy) is 3. The number of carbonyl (C=O) groups is 3. The van der Waals surface area contributed by atoms with Crippen LogP contribution in [0.3, 0.4) is 0 Å². The monoisotopic (exact) mass is 390 g/mol. The van der Waals surface area contributed by atoms with Gasteiger partial charge in [0.1, 0.15) is 12.4 Å². The van der Waals surface area contributed by atoms with Crippen molar-refractivity contribution in [3.63, 3.8) is 0 Å². The lowest BCUT2D eigenvalue weighted by atomic mass is 10.1. The van der Waals surface area contributed by atoms with Gasteiger partial charge in [0.15, 0.2) is 0 Å². The van der Waals surface area contributed by atoms with Crippen molar-refractivity contribution < 1.29 is 28.6 Å². The van der Waals surface area contributed by atoms with Crippen molar-refractivity contribution >= 4 is 29.2 Å². The second-order valence-corrected chi connectivity index (χ2v) is 6.86. The molecule has 1 heterocycles. The normalized spacial score (nSPS) is 14.1. The van der Waals surface area contributed by atoms with Gasteiger partial charge in [-0.3, -0.25) is 4.79 Å². The van der Waals surface area contributed by atoms with Gasteiger partial charge in [0, 0.05) is 17.8 Å². The van der Waals surface area contributed by atoms with Crippen molar-refractivity contribution in [3.8, 4) is 0 Å². The van der Waals surface area contributed by atoms with Gasteiger partial charge in [0.05, 0.1) is 26.4 Å². The van der Waals surface area contributed by atoms with E-state index in [2.05, 4.69) is 5.32 Å². The van der Waals surface area contributed by atoms with Crippen LogP contribution >= 0.6 is 0 Å². The number of anilines is 2. The molecule has 0 saturated carbocycles. The molecule has 1 amide bonds. The Balaban J connectivity index is 2.46. The van der Waals surface area contributed by atoms with E-state index in [1.807, 2.05) is 26.8 Å². The summed E-state index contributed by atoms with van der Waals surface area (Å²) in [5.41, 5.74) is 2.17. The number of amides is 1. The van der Waals surface area contributed by atoms with Crippen molar-refractivity contribution in [1.82, 2.24) is 0 Å². The van der Waals surface area contributed by atoms with Gasteiger partial charge in [-0.05, 0) is 30.5 Å². The largest absolute Gasteiger partial charge is 0.466 e. The van der Waals surface area contributed by atoms with Crippen LogP contribution in [0.1, 0.15) is 25.8 Å². The Morgan fingerprint density at radius 3 is 2.46 bits per heavy atom. The van der Waals surface area contributed by atoms with E-state index in [9.17, 15) is 14.4 Å². The highest BCUT2D eigenvalue weighted by molar-refractivity contribution is 6.03. The number of benzene rings is 1. The van der Waals surface area contributed by atoms with Gasteiger partial charge in [0.25, 0.3) is 0 Å². The lowest BCUT2D eigenvalue weighted by molar-refractivity contribution is -0.140. The average molecular weight is 390 g/mol. The molecule has 152 valence electrons. The van der Waals surface area contributed by atoms with E-state index in [0.29, 0.717) is 17.8 Å². The highest BCUT2D eigenvalue weighted by atomic mass is 16.5. The van der Waals surface area contributed by atoms with Crippen LogP contribution in [0.25, 0.3) is 0 Å². The maximum absolute atomic E-state index is 12.4. The van der Waals surface area contributed by atoms with Crippen LogP contribution in [0, 0.1) is 12.8 Å². The van der Waals surface area contributed by atoms with Crippen molar-refractivity contribution in [3.05, 3.63) is 35.0 Å². The number of hydrogen-bond donors (Lipinski definition) is 1. The maximum atomic E-state index is 12.4. The Morgan fingerprint density at radius 1 is 1.18 bits per heavy atom. The highest BCUT2D eigenvalue weighted by Crippen LogP contribution is 2.31. The summed E-state index contributed by atoms with van der Waals surface area (Å²) in [6.07, 6.45) is 0.399. The minimum atomic E-state index is -0.669. The molecular weight excluding hydrogens is 364 g/mol. The van der Waals surface area contributed by atoms with Gasteiger partial charge in [-0.25, -0.2) is 9.59 Å². The second kappa shape index (κ2) is 9.36. The van der Waals surface area contributed by atoms with Gasteiger partial charge in [-0.2, -0.15) is 0 Å². The molecule has 1 aliphatic heterocycles. The summed E-state index contributed by atoms with van der Waals surface area (Å²) in [4.78, 5) is 38.2. The molecule has 0 fully saturated rings. The van der Waals surface area contributed by atoms with Crippen LogP contribution in [0.15, 0.2) is 29.5 Å². The van der Waals surface area contributed by atoms with Crippen molar-refractivity contribution in [1.29, 1.82) is 0 Å². The molecule has 1 aromatic carbocycles. The van der Waals surface area contributed by atoms with E-state index in [1.165, 1.54) is 14.2 Å². The fourth-order valence-electron chi connectivity index (χ4n) is 2.89. The third kappa shape index (κ3) is 4.89. The number of nitrogens with one attached hydrogen (secondary N) is 1. The van der Waals surface area contributed by atoms with Gasteiger partial charge in [-0.1, -0.05) is 19.9 Å². The standard InChI is InChI=1S/C20H26N2O6/c1-12(2)8-17(23)21-14-7-6-13(3)16(9-14)22-11-28-10-15(19(24)26-4)18(22)20(25)27-5/h6-7,9,12H,8,10-11H2,1-5H3,(H,21,23). The number of esters is 2. The predicted molar refractivity (Wildman–Crippen MR) is 104 cm³/mol. The molecule has 28 heavy (non-hydrogen) atoms. The molecule has 0 atom stereocenters. The Bertz CT molecular complexity index is 800. The van der Waals surface area contributed by atoms with Gasteiger partial charge in [-0.15, -0.1) is 0 Å². The number of methoxy groups -OCH3 is 2. The van der Waals surface area contributed by atoms with Crippen LogP contribution in [-0.2, 0) is 28.6 Å². The minimum absolute atomic E-state index is 0.0508. The molecule has 0 spiro atoms. The molecule has 1 aromatic rings. The second-order valence-electron chi connectivity index (χ2n) is 6.86. The van der Waals surface area contributed by atoms with E-state index in [0.717, 1.165) is 5.56 Å². The summed E-state index contributed by atoms with van der Waals surface area (Å²) in [6, 6.07) is 5.34. The lowest BCUT2D eigenvalue weighted by Crippen LogP contribution is -2.39. The summed E-state index contributed by atoms with van der Waals surface area (Å²) in [7, 11) is 2.48. The fourth-order valence-corrected chi connectivity index (χ4v) is 2.89. The zero-order chi connectivity index (χ0) is 20.8. The molecule has 8 nitrogen and oxygen atoms in total. The van der Waals surface area contributed by atoms with Crippen molar-refractivity contribution in [2.75, 3.05) is 37.8 Å². The van der Waals surface area contributed by atoms with E-state index in [1.54, 1.807) is 17.0 Å². The summed E-state index contributed by atoms with van der Waals surface area (Å²) in [5, 5.41) is 2.85. The summed E-state index contributed by atoms with van der Waals surface area (Å²) < 4.78 is 15.1. The Hall–Kier alpha value is -2.87. The van der Waals surface area contributed by atoms with Gasteiger partial charge >= 0.3 is 11.9 Å². The van der Waals surface area contributed by atoms with Gasteiger partial charge in [0.2, 0.25) is 5.91 Å². The van der Waals surface area contributed by atoms with Crippen LogP contribution in [0.4, 0.5) is 11.4 Å².